The topological polar surface area (TPSA) is 63.6 Å². The summed E-state index contributed by atoms with van der Waals surface area (Å²) in [5.74, 6) is -0.952. The summed E-state index contributed by atoms with van der Waals surface area (Å²) < 4.78 is 4.48. The molecule has 1 N–H and O–H groups in total. The molecule has 1 aromatic rings. The second kappa shape index (κ2) is 6.61. The lowest BCUT2D eigenvalue weighted by Gasteiger charge is -2.04. The summed E-state index contributed by atoms with van der Waals surface area (Å²) in [5, 5.41) is 9.14. The lowest BCUT2D eigenvalue weighted by molar-refractivity contribution is 0.0596. The maximum Gasteiger partial charge on any atom is 0.338 e. The van der Waals surface area contributed by atoms with E-state index in [1.807, 2.05) is 13.8 Å². The number of rotatable bonds is 2. The summed E-state index contributed by atoms with van der Waals surface area (Å²) in [4.78, 5) is 22.3. The molecule has 0 bridgehead atoms. The number of Topliss-reactive ketones (excluding diaryl/α,β-unsaturated/α-hetero) is 1. The molecular formula is C12H16O4. The Kier molecular flexibility index (Phi) is 5.85. The van der Waals surface area contributed by atoms with Gasteiger partial charge in [0.2, 0.25) is 0 Å². The van der Waals surface area contributed by atoms with Gasteiger partial charge in [0.05, 0.1) is 12.7 Å². The second-order valence-corrected chi connectivity index (χ2v) is 2.78. The number of methoxy groups -OCH3 is 1. The van der Waals surface area contributed by atoms with Crippen molar-refractivity contribution in [3.05, 3.63) is 29.3 Å². The Labute approximate surface area is 94.9 Å². The van der Waals surface area contributed by atoms with Gasteiger partial charge in [0.15, 0.2) is 5.78 Å². The second-order valence-electron chi connectivity index (χ2n) is 2.78. The number of ketones is 1. The van der Waals surface area contributed by atoms with E-state index in [-0.39, 0.29) is 22.7 Å². The molecule has 0 aliphatic heterocycles. The van der Waals surface area contributed by atoms with Crippen LogP contribution in [0.25, 0.3) is 0 Å². The summed E-state index contributed by atoms with van der Waals surface area (Å²) in [5.41, 5.74) is 0.328. The van der Waals surface area contributed by atoms with Crippen LogP contribution in [0.5, 0.6) is 5.75 Å². The highest BCUT2D eigenvalue weighted by atomic mass is 16.5. The molecule has 88 valence electrons. The quantitative estimate of drug-likeness (QED) is 0.619. The van der Waals surface area contributed by atoms with Gasteiger partial charge in [0, 0.05) is 5.56 Å². The molecule has 0 atom stereocenters. The van der Waals surface area contributed by atoms with Crippen LogP contribution < -0.4 is 0 Å². The fourth-order valence-corrected chi connectivity index (χ4v) is 1.12. The number of hydrogen-bond donors (Lipinski definition) is 1. The lowest BCUT2D eigenvalue weighted by atomic mass is 10.0. The number of ether oxygens (including phenoxy) is 1. The van der Waals surface area contributed by atoms with Crippen LogP contribution in [0.2, 0.25) is 0 Å². The smallest absolute Gasteiger partial charge is 0.338 e. The first-order valence-electron chi connectivity index (χ1n) is 4.98. The molecule has 16 heavy (non-hydrogen) atoms. The van der Waals surface area contributed by atoms with Crippen LogP contribution in [0.1, 0.15) is 41.5 Å². The van der Waals surface area contributed by atoms with Gasteiger partial charge in [0.1, 0.15) is 5.75 Å². The molecule has 0 heterocycles. The molecule has 0 amide bonds. The Bertz CT molecular complexity index is 383. The van der Waals surface area contributed by atoms with E-state index in [2.05, 4.69) is 4.74 Å². The Morgan fingerprint density at radius 1 is 1.19 bits per heavy atom. The average molecular weight is 224 g/mol. The molecule has 4 nitrogen and oxygen atoms in total. The molecule has 1 aromatic carbocycles. The van der Waals surface area contributed by atoms with Crippen molar-refractivity contribution in [2.75, 3.05) is 7.11 Å². The van der Waals surface area contributed by atoms with Crippen LogP contribution in [-0.2, 0) is 4.74 Å². The third kappa shape index (κ3) is 3.38. The van der Waals surface area contributed by atoms with Gasteiger partial charge in [-0.15, -0.1) is 0 Å². The van der Waals surface area contributed by atoms with E-state index in [4.69, 9.17) is 5.11 Å². The van der Waals surface area contributed by atoms with Crippen molar-refractivity contribution in [1.29, 1.82) is 0 Å². The lowest BCUT2D eigenvalue weighted by Crippen LogP contribution is -2.08. The van der Waals surface area contributed by atoms with Gasteiger partial charge in [0.25, 0.3) is 0 Å². The fraction of sp³-hybridized carbons (Fsp3) is 0.333. The van der Waals surface area contributed by atoms with E-state index >= 15 is 0 Å². The number of carbonyl (C=O) groups is 2. The van der Waals surface area contributed by atoms with E-state index in [0.29, 0.717) is 0 Å². The zero-order valence-corrected chi connectivity index (χ0v) is 9.90. The predicted octanol–water partition coefficient (Wildman–Crippen LogP) is 2.41. The Hall–Kier alpha value is -1.84. The van der Waals surface area contributed by atoms with Crippen LogP contribution in [0, 0.1) is 0 Å². The molecule has 0 spiro atoms. The van der Waals surface area contributed by atoms with Gasteiger partial charge in [-0.25, -0.2) is 4.79 Å². The molecule has 0 aromatic heterocycles. The predicted molar refractivity (Wildman–Crippen MR) is 60.8 cm³/mol. The molecule has 0 aliphatic carbocycles. The van der Waals surface area contributed by atoms with E-state index in [0.717, 1.165) is 0 Å². The van der Waals surface area contributed by atoms with E-state index in [1.54, 1.807) is 0 Å². The maximum absolute atomic E-state index is 11.2. The van der Waals surface area contributed by atoms with E-state index in [1.165, 1.54) is 32.2 Å². The van der Waals surface area contributed by atoms with Gasteiger partial charge >= 0.3 is 5.97 Å². The molecule has 0 saturated carbocycles. The molecule has 0 saturated heterocycles. The monoisotopic (exact) mass is 224 g/mol. The standard InChI is InChI=1S/C10H10O4.C2H6/c1-6(11)8-4-3-7(12)5-9(8)10(13)14-2;1-2/h3-5,12H,1-2H3;1-2H3. The summed E-state index contributed by atoms with van der Waals surface area (Å²) >= 11 is 0. The highest BCUT2D eigenvalue weighted by Gasteiger charge is 2.15. The highest BCUT2D eigenvalue weighted by Crippen LogP contribution is 2.17. The molecule has 0 unspecified atom stereocenters. The Morgan fingerprint density at radius 3 is 2.19 bits per heavy atom. The van der Waals surface area contributed by atoms with Crippen molar-refractivity contribution in [3.8, 4) is 5.75 Å². The summed E-state index contributed by atoms with van der Waals surface area (Å²) in [6, 6.07) is 3.95. The molecule has 0 radical (unpaired) electrons. The normalized spacial score (nSPS) is 8.75. The van der Waals surface area contributed by atoms with Crippen molar-refractivity contribution in [1.82, 2.24) is 0 Å². The first-order chi connectivity index (χ1) is 7.56. The van der Waals surface area contributed by atoms with Crippen molar-refractivity contribution in [3.63, 3.8) is 0 Å². The number of hydrogen-bond acceptors (Lipinski definition) is 4. The van der Waals surface area contributed by atoms with Crippen molar-refractivity contribution in [2.45, 2.75) is 20.8 Å². The largest absolute Gasteiger partial charge is 0.508 e. The molecule has 0 aliphatic rings. The number of carbonyl (C=O) groups excluding carboxylic acids is 2. The SMILES string of the molecule is CC.COC(=O)c1cc(O)ccc1C(C)=O. The number of esters is 1. The van der Waals surface area contributed by atoms with Gasteiger partial charge < -0.3 is 9.84 Å². The van der Waals surface area contributed by atoms with Crippen LogP contribution in [0.15, 0.2) is 18.2 Å². The van der Waals surface area contributed by atoms with Gasteiger partial charge in [-0.05, 0) is 25.1 Å². The van der Waals surface area contributed by atoms with Crippen molar-refractivity contribution < 1.29 is 19.4 Å². The van der Waals surface area contributed by atoms with Gasteiger partial charge in [-0.2, -0.15) is 0 Å². The van der Waals surface area contributed by atoms with Crippen molar-refractivity contribution in [2.24, 2.45) is 0 Å². The van der Waals surface area contributed by atoms with E-state index in [9.17, 15) is 9.59 Å². The minimum absolute atomic E-state index is 0.0737. The summed E-state index contributed by atoms with van der Waals surface area (Å²) in [6.07, 6.45) is 0. The average Bonchev–Trinajstić information content (AvgIpc) is 2.30. The number of aromatic hydroxyl groups is 1. The van der Waals surface area contributed by atoms with Crippen LogP contribution in [0.3, 0.4) is 0 Å². The summed E-state index contributed by atoms with van der Waals surface area (Å²) in [6.45, 7) is 5.35. The molecule has 0 fully saturated rings. The molecule has 1 rings (SSSR count). The van der Waals surface area contributed by atoms with Crippen LogP contribution >= 0.6 is 0 Å². The minimum atomic E-state index is -0.633. The zero-order valence-electron chi connectivity index (χ0n) is 9.90. The van der Waals surface area contributed by atoms with Crippen LogP contribution in [0.4, 0.5) is 0 Å². The fourth-order valence-electron chi connectivity index (χ4n) is 1.12. The highest BCUT2D eigenvalue weighted by molar-refractivity contribution is 6.05. The van der Waals surface area contributed by atoms with E-state index < -0.39 is 5.97 Å². The number of phenolic OH excluding ortho intramolecular Hbond substituents is 1. The Balaban J connectivity index is 0.00000106. The van der Waals surface area contributed by atoms with Crippen molar-refractivity contribution >= 4 is 11.8 Å². The Morgan fingerprint density at radius 2 is 1.75 bits per heavy atom. The first kappa shape index (κ1) is 14.2. The summed E-state index contributed by atoms with van der Waals surface area (Å²) in [7, 11) is 1.22. The minimum Gasteiger partial charge on any atom is -0.508 e. The first-order valence-corrected chi connectivity index (χ1v) is 4.98. The van der Waals surface area contributed by atoms with Crippen LogP contribution in [-0.4, -0.2) is 24.0 Å². The third-order valence-electron chi connectivity index (χ3n) is 1.79. The molecule has 4 heteroatoms. The van der Waals surface area contributed by atoms with Gasteiger partial charge in [-0.1, -0.05) is 13.8 Å². The third-order valence-corrected chi connectivity index (χ3v) is 1.79. The number of phenols is 1. The van der Waals surface area contributed by atoms with Gasteiger partial charge in [-0.3, -0.25) is 4.79 Å². The maximum atomic E-state index is 11.2. The number of benzene rings is 1. The molecular weight excluding hydrogens is 208 g/mol. The zero-order chi connectivity index (χ0) is 12.7.